The Hall–Kier alpha value is -3.08. The molecule has 0 aliphatic carbocycles. The van der Waals surface area contributed by atoms with E-state index in [4.69, 9.17) is 39.0 Å². The third kappa shape index (κ3) is 5.42. The first-order chi connectivity index (χ1) is 21.3. The Bertz CT molecular complexity index is 1950. The van der Waals surface area contributed by atoms with Gasteiger partial charge in [-0.05, 0) is 0 Å². The summed E-state index contributed by atoms with van der Waals surface area (Å²) in [5, 5.41) is 11.1. The number of aromatic nitrogens is 8. The molecule has 4 aromatic rings. The first kappa shape index (κ1) is 30.6. The summed E-state index contributed by atoms with van der Waals surface area (Å²) in [6.45, 7) is -6.00. The van der Waals surface area contributed by atoms with Crippen molar-refractivity contribution in [3.05, 3.63) is 29.3 Å². The maximum atomic E-state index is 15.9. The highest BCUT2D eigenvalue weighted by Crippen LogP contribution is 2.58. The lowest BCUT2D eigenvalue weighted by Crippen LogP contribution is -2.35. The second-order valence-electron chi connectivity index (χ2n) is 10.1. The highest BCUT2D eigenvalue weighted by Gasteiger charge is 2.54. The molecule has 0 saturated carbocycles. The molecule has 2 bridgehead atoms. The average molecular weight is 692 g/mol. The van der Waals surface area contributed by atoms with E-state index in [0.29, 0.717) is 0 Å². The summed E-state index contributed by atoms with van der Waals surface area (Å²) in [6.07, 6.45) is -9.63. The molecule has 3 aliphatic heterocycles. The number of imidazole rings is 2. The van der Waals surface area contributed by atoms with Crippen molar-refractivity contribution >= 4 is 61.0 Å². The van der Waals surface area contributed by atoms with E-state index in [1.807, 2.05) is 0 Å². The number of phosphoric ester groups is 1. The van der Waals surface area contributed by atoms with Gasteiger partial charge in [0.15, 0.2) is 41.3 Å². The molecule has 0 radical (unpaired) electrons. The van der Waals surface area contributed by atoms with Gasteiger partial charge < -0.3 is 30.9 Å². The highest BCUT2D eigenvalue weighted by atomic mass is 32.7. The van der Waals surface area contributed by atoms with Crippen molar-refractivity contribution in [3.8, 4) is 0 Å². The Balaban J connectivity index is 1.21. The monoisotopic (exact) mass is 692 g/mol. The van der Waals surface area contributed by atoms with Gasteiger partial charge in [-0.2, -0.15) is 4.98 Å². The number of aromatic amines is 1. The van der Waals surface area contributed by atoms with Crippen LogP contribution in [-0.4, -0.2) is 98.9 Å². The Morgan fingerprint density at radius 1 is 0.956 bits per heavy atom. The molecule has 0 spiro atoms. The maximum Gasteiger partial charge on any atom is 0.472 e. The number of nitrogen functional groups attached to an aromatic ring is 2. The van der Waals surface area contributed by atoms with Crippen molar-refractivity contribution in [1.29, 1.82) is 0 Å². The number of nitrogens with two attached hydrogens (primary N) is 2. The van der Waals surface area contributed by atoms with E-state index in [2.05, 4.69) is 42.2 Å². The Morgan fingerprint density at radius 2 is 1.64 bits per heavy atom. The number of anilines is 2. The molecule has 10 atom stereocenters. The third-order valence-corrected chi connectivity index (χ3v) is 9.88. The molecule has 0 aromatic carbocycles. The lowest BCUT2D eigenvalue weighted by Gasteiger charge is -2.26. The first-order valence-electron chi connectivity index (χ1n) is 12.9. The lowest BCUT2D eigenvalue weighted by molar-refractivity contribution is -0.0619. The number of thiol groups is 1. The highest BCUT2D eigenvalue weighted by molar-refractivity contribution is 8.44. The molecule has 45 heavy (non-hydrogen) atoms. The Morgan fingerprint density at radius 3 is 2.42 bits per heavy atom. The van der Waals surface area contributed by atoms with Crippen LogP contribution in [0.1, 0.15) is 12.5 Å². The molecule has 25 heteroatoms. The minimum atomic E-state index is -5.10. The number of aliphatic hydroxyl groups is 1. The van der Waals surface area contributed by atoms with Crippen LogP contribution in [0.4, 0.5) is 16.2 Å². The van der Waals surface area contributed by atoms with Crippen LogP contribution < -0.4 is 17.0 Å². The zero-order valence-electron chi connectivity index (χ0n) is 22.3. The zero-order chi connectivity index (χ0) is 31.8. The minimum absolute atomic E-state index is 0.0165. The Labute approximate surface area is 254 Å². The molecular weight excluding hydrogens is 669 g/mol. The summed E-state index contributed by atoms with van der Waals surface area (Å²) in [5.74, 6) is -0.244. The molecule has 21 nitrogen and oxygen atoms in total. The number of rotatable bonds is 2. The van der Waals surface area contributed by atoms with Crippen molar-refractivity contribution in [2.24, 2.45) is 0 Å². The molecule has 3 saturated heterocycles. The fourth-order valence-corrected chi connectivity index (χ4v) is 7.68. The summed E-state index contributed by atoms with van der Waals surface area (Å²) in [5.41, 5.74) is 10.8. The number of hydrogen-bond acceptors (Lipinski definition) is 17. The van der Waals surface area contributed by atoms with Crippen LogP contribution in [0.3, 0.4) is 0 Å². The topological polar surface area (TPSA) is 289 Å². The number of phosphoric acid groups is 1. The quantitative estimate of drug-likeness (QED) is 0.115. The number of nitrogens with one attached hydrogen (secondary N) is 1. The predicted molar refractivity (Wildman–Crippen MR) is 149 cm³/mol. The van der Waals surface area contributed by atoms with Gasteiger partial charge in [0, 0.05) is 0 Å². The van der Waals surface area contributed by atoms with Crippen LogP contribution in [0.25, 0.3) is 22.3 Å². The number of ether oxygens (including phenoxy) is 2. The Kier molecular flexibility index (Phi) is 7.49. The molecule has 4 aromatic heterocycles. The third-order valence-electron chi connectivity index (χ3n) is 7.28. The van der Waals surface area contributed by atoms with E-state index >= 15 is 4.39 Å². The molecule has 0 amide bonds. The molecule has 7 heterocycles. The summed E-state index contributed by atoms with van der Waals surface area (Å²) in [7, 11) is -5.10. The van der Waals surface area contributed by atoms with Gasteiger partial charge in [-0.25, -0.2) is 33.5 Å². The van der Waals surface area contributed by atoms with Crippen LogP contribution in [0, 0.1) is 0 Å². The standard InChI is InChI=1S/C20H23FN10O11P2S/c21-8-12-7(40-18(8)30-4-26-9-14(22)24-3-25-15(9)30)2-38-44(36,45)42-13-11(32)6(1-37-43(34,35)41-12)39-19(13)31-5-27-10-16(31)28-20(23)29-17(10)33/h3-8,11-13,18-19,32H,1-2H2,(H,34,35)(H,36,45)(H2,22,24,25)(H3,23,28,29,33)/t6-,7-,8?,11?,12?,13?,18-,19-,44-/m1/s1. The number of aliphatic hydroxyl groups excluding tert-OH is 1. The van der Waals surface area contributed by atoms with Crippen molar-refractivity contribution in [2.45, 2.75) is 49.1 Å². The number of alkyl halides is 1. The van der Waals surface area contributed by atoms with Crippen LogP contribution in [-0.2, 0) is 36.7 Å². The minimum Gasteiger partial charge on any atom is -0.387 e. The first-order valence-corrected chi connectivity index (χ1v) is 17.1. The molecule has 7 N–H and O–H groups in total. The van der Waals surface area contributed by atoms with E-state index in [-0.39, 0.29) is 34.1 Å². The van der Waals surface area contributed by atoms with Crippen molar-refractivity contribution in [2.75, 3.05) is 24.7 Å². The average Bonchev–Trinajstić information content (AvgIpc) is 3.72. The van der Waals surface area contributed by atoms with Crippen LogP contribution in [0.5, 0.6) is 0 Å². The smallest absolute Gasteiger partial charge is 0.387 e. The number of halogens is 1. The molecule has 3 aliphatic rings. The number of H-pyrrole nitrogens is 1. The molecule has 3 fully saturated rings. The second-order valence-corrected chi connectivity index (χ2v) is 14.4. The maximum absolute atomic E-state index is 15.9. The summed E-state index contributed by atoms with van der Waals surface area (Å²) < 4.78 is 77.6. The van der Waals surface area contributed by atoms with E-state index < -0.39 is 82.5 Å². The van der Waals surface area contributed by atoms with Gasteiger partial charge in [0.1, 0.15) is 42.4 Å². The van der Waals surface area contributed by atoms with E-state index in [1.54, 1.807) is 0 Å². The van der Waals surface area contributed by atoms with Crippen LogP contribution in [0.15, 0.2) is 23.8 Å². The van der Waals surface area contributed by atoms with Crippen molar-refractivity contribution in [3.63, 3.8) is 0 Å². The van der Waals surface area contributed by atoms with Crippen LogP contribution in [0.2, 0.25) is 0 Å². The number of fused-ring (bicyclic) bond motifs is 5. The molecule has 242 valence electrons. The van der Waals surface area contributed by atoms with Gasteiger partial charge in [0.05, 0.1) is 25.9 Å². The number of hydrogen-bond donors (Lipinski definition) is 6. The number of nitrogens with zero attached hydrogens (tertiary/aromatic N) is 7. The van der Waals surface area contributed by atoms with E-state index in [1.165, 1.54) is 15.5 Å². The molecule has 5 unspecified atom stereocenters. The van der Waals surface area contributed by atoms with Crippen molar-refractivity contribution < 1.29 is 51.1 Å². The van der Waals surface area contributed by atoms with Crippen molar-refractivity contribution in [1.82, 2.24) is 39.0 Å². The van der Waals surface area contributed by atoms with E-state index in [9.17, 15) is 23.9 Å². The second kappa shape index (κ2) is 11.0. The fourth-order valence-electron chi connectivity index (χ4n) is 5.26. The summed E-state index contributed by atoms with van der Waals surface area (Å²) in [6, 6.07) is 0. The summed E-state index contributed by atoms with van der Waals surface area (Å²) in [4.78, 5) is 45.1. The SMILES string of the molecule is Nc1nc2c(ncn2[C@@H]2O[C@@H]3COP(=O)(O)OC4C(F)[C@H](n5cnc6c(N)ncnc65)O[C@@H]4CO[P@@](=O)(S)OC2C3O)c(=O)[nH]1. The van der Waals surface area contributed by atoms with E-state index in [0.717, 1.165) is 12.7 Å². The predicted octanol–water partition coefficient (Wildman–Crippen LogP) is -0.427. The normalized spacial score (nSPS) is 37.7. The summed E-state index contributed by atoms with van der Waals surface area (Å²) >= 11 is 4.01. The fraction of sp³-hybridized carbons (Fsp3) is 0.500. The van der Waals surface area contributed by atoms with Crippen LogP contribution >= 0.6 is 26.9 Å². The van der Waals surface area contributed by atoms with Gasteiger partial charge in [-0.3, -0.25) is 37.0 Å². The van der Waals surface area contributed by atoms with Gasteiger partial charge in [0.2, 0.25) is 5.95 Å². The zero-order valence-corrected chi connectivity index (χ0v) is 25.0. The van der Waals surface area contributed by atoms with Gasteiger partial charge in [-0.1, -0.05) is 12.2 Å². The largest absolute Gasteiger partial charge is 0.472 e. The molecular formula is C20H23FN10O11P2S. The lowest BCUT2D eigenvalue weighted by atomic mass is 10.1. The molecule has 7 rings (SSSR count). The van der Waals surface area contributed by atoms with Gasteiger partial charge in [-0.15, -0.1) is 0 Å². The van der Waals surface area contributed by atoms with Gasteiger partial charge in [0.25, 0.3) is 5.56 Å². The van der Waals surface area contributed by atoms with Gasteiger partial charge >= 0.3 is 14.6 Å².